The molecule has 0 amide bonds. The number of rotatable bonds is 6. The van der Waals surface area contributed by atoms with Gasteiger partial charge < -0.3 is 14.9 Å². The van der Waals surface area contributed by atoms with Crippen LogP contribution in [0, 0.1) is 0 Å². The first-order chi connectivity index (χ1) is 15.3. The normalized spacial score (nSPS) is 15.1. The van der Waals surface area contributed by atoms with E-state index in [0.29, 0.717) is 16.7 Å². The summed E-state index contributed by atoms with van der Waals surface area (Å²) in [6.45, 7) is 6.40. The number of nitrogens with zero attached hydrogens (tertiary/aromatic N) is 3. The molecule has 2 aromatic carbocycles. The molecule has 168 valence electrons. The maximum atomic E-state index is 12.8. The first kappa shape index (κ1) is 22.3. The highest BCUT2D eigenvalue weighted by Gasteiger charge is 2.22. The SMILES string of the molecule is CCN1CCN(c2cc(C(=O)O)c3cc(NS(=O)(=O)c4ccccc4Cl)ccc3n2)CC1. The second-order valence-electron chi connectivity index (χ2n) is 7.52. The van der Waals surface area contributed by atoms with Gasteiger partial charge in [-0.15, -0.1) is 0 Å². The summed E-state index contributed by atoms with van der Waals surface area (Å²) in [5.74, 6) is -0.494. The highest BCUT2D eigenvalue weighted by molar-refractivity contribution is 7.92. The van der Waals surface area contributed by atoms with Gasteiger partial charge in [0.05, 0.1) is 16.1 Å². The van der Waals surface area contributed by atoms with E-state index in [4.69, 9.17) is 11.6 Å². The van der Waals surface area contributed by atoms with Gasteiger partial charge in [-0.3, -0.25) is 4.72 Å². The van der Waals surface area contributed by atoms with Crippen molar-refractivity contribution in [2.45, 2.75) is 11.8 Å². The highest BCUT2D eigenvalue weighted by Crippen LogP contribution is 2.29. The number of piperazine rings is 1. The van der Waals surface area contributed by atoms with Crippen molar-refractivity contribution < 1.29 is 18.3 Å². The Kier molecular flexibility index (Phi) is 6.23. The Morgan fingerprint density at radius 2 is 1.84 bits per heavy atom. The minimum absolute atomic E-state index is 0.0556. The van der Waals surface area contributed by atoms with E-state index in [1.165, 1.54) is 18.2 Å². The summed E-state index contributed by atoms with van der Waals surface area (Å²) in [6, 6.07) is 12.3. The Labute approximate surface area is 191 Å². The van der Waals surface area contributed by atoms with Crippen LogP contribution in [0.2, 0.25) is 5.02 Å². The maximum Gasteiger partial charge on any atom is 0.336 e. The average Bonchev–Trinajstić information content (AvgIpc) is 2.78. The number of anilines is 2. The van der Waals surface area contributed by atoms with E-state index in [1.54, 1.807) is 30.3 Å². The number of halogens is 1. The zero-order valence-electron chi connectivity index (χ0n) is 17.5. The fourth-order valence-electron chi connectivity index (χ4n) is 3.78. The van der Waals surface area contributed by atoms with Gasteiger partial charge in [0.15, 0.2) is 0 Å². The van der Waals surface area contributed by atoms with Gasteiger partial charge in [0.25, 0.3) is 10.0 Å². The summed E-state index contributed by atoms with van der Waals surface area (Å²) in [6.07, 6.45) is 0. The van der Waals surface area contributed by atoms with Gasteiger partial charge in [0.1, 0.15) is 10.7 Å². The predicted octanol–water partition coefficient (Wildman–Crippen LogP) is 3.53. The van der Waals surface area contributed by atoms with Gasteiger partial charge in [-0.05, 0) is 42.9 Å². The van der Waals surface area contributed by atoms with Gasteiger partial charge in [-0.1, -0.05) is 30.7 Å². The summed E-state index contributed by atoms with van der Waals surface area (Å²) >= 11 is 6.03. The molecule has 0 radical (unpaired) electrons. The number of nitrogens with one attached hydrogen (secondary N) is 1. The van der Waals surface area contributed by atoms with Crippen LogP contribution >= 0.6 is 11.6 Å². The Morgan fingerprint density at radius 3 is 2.50 bits per heavy atom. The lowest BCUT2D eigenvalue weighted by Gasteiger charge is -2.35. The molecule has 8 nitrogen and oxygen atoms in total. The molecule has 0 atom stereocenters. The van der Waals surface area contributed by atoms with E-state index in [2.05, 4.69) is 26.4 Å². The third kappa shape index (κ3) is 4.50. The minimum Gasteiger partial charge on any atom is -0.478 e. The first-order valence-corrected chi connectivity index (χ1v) is 12.1. The minimum atomic E-state index is -3.94. The molecule has 2 N–H and O–H groups in total. The van der Waals surface area contributed by atoms with Crippen LogP contribution in [0.5, 0.6) is 0 Å². The number of aromatic carboxylic acids is 1. The number of hydrogen-bond acceptors (Lipinski definition) is 6. The van der Waals surface area contributed by atoms with E-state index in [9.17, 15) is 18.3 Å². The lowest BCUT2D eigenvalue weighted by Crippen LogP contribution is -2.46. The van der Waals surface area contributed by atoms with Crippen LogP contribution in [-0.2, 0) is 10.0 Å². The van der Waals surface area contributed by atoms with E-state index in [0.717, 1.165) is 32.7 Å². The van der Waals surface area contributed by atoms with Gasteiger partial charge >= 0.3 is 5.97 Å². The zero-order valence-corrected chi connectivity index (χ0v) is 19.0. The third-order valence-corrected chi connectivity index (χ3v) is 7.43. The van der Waals surface area contributed by atoms with Crippen LogP contribution in [0.15, 0.2) is 53.4 Å². The fourth-order valence-corrected chi connectivity index (χ4v) is 5.35. The molecule has 0 spiro atoms. The van der Waals surface area contributed by atoms with Crippen molar-refractivity contribution in [3.8, 4) is 0 Å². The van der Waals surface area contributed by atoms with Crippen LogP contribution in [0.3, 0.4) is 0 Å². The molecule has 0 aliphatic carbocycles. The van der Waals surface area contributed by atoms with Gasteiger partial charge in [0, 0.05) is 37.3 Å². The molecule has 10 heteroatoms. The number of likely N-dealkylation sites (N-methyl/N-ethyl adjacent to an activating group) is 1. The summed E-state index contributed by atoms with van der Waals surface area (Å²) in [4.78, 5) is 21.0. The van der Waals surface area contributed by atoms with E-state index >= 15 is 0 Å². The molecule has 0 saturated carbocycles. The first-order valence-electron chi connectivity index (χ1n) is 10.2. The molecule has 0 bridgehead atoms. The number of pyridine rings is 1. The molecule has 32 heavy (non-hydrogen) atoms. The molecule has 1 saturated heterocycles. The Bertz CT molecular complexity index is 1270. The van der Waals surface area contributed by atoms with Gasteiger partial charge in [0.2, 0.25) is 0 Å². The Morgan fingerprint density at radius 1 is 1.12 bits per heavy atom. The van der Waals surface area contributed by atoms with Crippen molar-refractivity contribution in [3.05, 3.63) is 59.1 Å². The average molecular weight is 475 g/mol. The lowest BCUT2D eigenvalue weighted by molar-refractivity contribution is 0.0699. The zero-order chi connectivity index (χ0) is 22.9. The summed E-state index contributed by atoms with van der Waals surface area (Å²) in [5, 5.41) is 10.3. The van der Waals surface area contributed by atoms with E-state index in [1.807, 2.05) is 0 Å². The van der Waals surface area contributed by atoms with Gasteiger partial charge in [-0.2, -0.15) is 0 Å². The molecule has 0 unspecified atom stereocenters. The summed E-state index contributed by atoms with van der Waals surface area (Å²) < 4.78 is 28.0. The second-order valence-corrected chi connectivity index (χ2v) is 9.58. The molecular formula is C22H23ClN4O4S. The van der Waals surface area contributed by atoms with Crippen LogP contribution in [0.1, 0.15) is 17.3 Å². The molecule has 1 aromatic heterocycles. The predicted molar refractivity (Wildman–Crippen MR) is 125 cm³/mol. The number of aromatic nitrogens is 1. The molecule has 1 aliphatic rings. The van der Waals surface area contributed by atoms with Crippen molar-refractivity contribution in [3.63, 3.8) is 0 Å². The Hall–Kier alpha value is -2.88. The number of benzene rings is 2. The number of fused-ring (bicyclic) bond motifs is 1. The molecule has 1 fully saturated rings. The molecule has 3 aromatic rings. The number of carboxylic acids is 1. The molecular weight excluding hydrogens is 452 g/mol. The van der Waals surface area contributed by atoms with Crippen LogP contribution in [0.4, 0.5) is 11.5 Å². The molecule has 2 heterocycles. The molecule has 1 aliphatic heterocycles. The third-order valence-electron chi connectivity index (χ3n) is 5.55. The number of carboxylic acid groups (broad SMARTS) is 1. The number of hydrogen-bond donors (Lipinski definition) is 2. The van der Waals surface area contributed by atoms with Gasteiger partial charge in [-0.25, -0.2) is 18.2 Å². The smallest absolute Gasteiger partial charge is 0.336 e. The van der Waals surface area contributed by atoms with Crippen molar-refractivity contribution in [1.82, 2.24) is 9.88 Å². The molecule has 4 rings (SSSR count). The fraction of sp³-hybridized carbons (Fsp3) is 0.273. The van der Waals surface area contributed by atoms with E-state index in [-0.39, 0.29) is 21.2 Å². The van der Waals surface area contributed by atoms with Crippen molar-refractivity contribution in [2.75, 3.05) is 42.3 Å². The largest absolute Gasteiger partial charge is 0.478 e. The monoisotopic (exact) mass is 474 g/mol. The summed E-state index contributed by atoms with van der Waals surface area (Å²) in [5.41, 5.74) is 0.784. The second kappa shape index (κ2) is 8.93. The quantitative estimate of drug-likeness (QED) is 0.563. The maximum absolute atomic E-state index is 12.8. The van der Waals surface area contributed by atoms with Crippen LogP contribution < -0.4 is 9.62 Å². The van der Waals surface area contributed by atoms with Crippen molar-refractivity contribution in [1.29, 1.82) is 0 Å². The number of sulfonamides is 1. The summed E-state index contributed by atoms with van der Waals surface area (Å²) in [7, 11) is -3.94. The van der Waals surface area contributed by atoms with E-state index < -0.39 is 16.0 Å². The Balaban J connectivity index is 1.69. The van der Waals surface area contributed by atoms with Crippen LogP contribution in [0.25, 0.3) is 10.9 Å². The van der Waals surface area contributed by atoms with Crippen LogP contribution in [-0.4, -0.2) is 62.1 Å². The highest BCUT2D eigenvalue weighted by atomic mass is 35.5. The lowest BCUT2D eigenvalue weighted by atomic mass is 10.1. The van der Waals surface area contributed by atoms with Crippen molar-refractivity contribution in [2.24, 2.45) is 0 Å². The van der Waals surface area contributed by atoms with Crippen molar-refractivity contribution >= 4 is 50.0 Å². The topological polar surface area (TPSA) is 103 Å². The number of carbonyl (C=O) groups is 1. The standard InChI is InChI=1S/C22H23ClN4O4S/c1-2-26-9-11-27(12-10-26)21-14-17(22(28)29)16-13-15(7-8-19(16)24-21)25-32(30,31)20-6-4-3-5-18(20)23/h3-8,13-14,25H,2,9-12H2,1H3,(H,28,29).